The summed E-state index contributed by atoms with van der Waals surface area (Å²) >= 11 is 0. The van der Waals surface area contributed by atoms with Gasteiger partial charge in [0.05, 0.1) is 0 Å². The zero-order chi connectivity index (χ0) is 20.3. The Bertz CT molecular complexity index is 809. The molecule has 1 fully saturated rings. The van der Waals surface area contributed by atoms with E-state index in [1.54, 1.807) is 0 Å². The molecule has 1 amide bonds. The fourth-order valence-electron chi connectivity index (χ4n) is 3.47. The predicted molar refractivity (Wildman–Crippen MR) is 111 cm³/mol. The number of anilines is 1. The molecule has 1 aliphatic rings. The van der Waals surface area contributed by atoms with Crippen LogP contribution in [0.1, 0.15) is 43.8 Å². The van der Waals surface area contributed by atoms with Crippen molar-refractivity contribution in [2.24, 2.45) is 0 Å². The van der Waals surface area contributed by atoms with E-state index in [0.717, 1.165) is 36.2 Å². The maximum atomic E-state index is 12.8. The van der Waals surface area contributed by atoms with Crippen LogP contribution in [-0.2, 0) is 4.79 Å². The lowest BCUT2D eigenvalue weighted by molar-refractivity contribution is -0.138. The molecule has 2 heterocycles. The van der Waals surface area contributed by atoms with Crippen LogP contribution in [0.3, 0.4) is 0 Å². The van der Waals surface area contributed by atoms with Crippen LogP contribution in [0, 0.1) is 13.8 Å². The number of benzene rings is 1. The molecule has 0 aliphatic carbocycles. The van der Waals surface area contributed by atoms with Crippen LogP contribution in [0.25, 0.3) is 0 Å². The first-order chi connectivity index (χ1) is 13.3. The van der Waals surface area contributed by atoms with E-state index in [4.69, 9.17) is 4.74 Å². The number of aryl methyl sites for hydroxylation is 2. The fourth-order valence-corrected chi connectivity index (χ4v) is 3.47. The Morgan fingerprint density at radius 3 is 2.39 bits per heavy atom. The molecule has 1 aliphatic heterocycles. The van der Waals surface area contributed by atoms with E-state index in [2.05, 4.69) is 34.8 Å². The number of carbonyl (C=O) groups excluding carboxylic acids is 1. The number of amides is 1. The summed E-state index contributed by atoms with van der Waals surface area (Å²) < 4.78 is 5.94. The molecule has 1 saturated heterocycles. The van der Waals surface area contributed by atoms with Gasteiger partial charge in [0, 0.05) is 37.9 Å². The zero-order valence-electron chi connectivity index (χ0n) is 17.5. The van der Waals surface area contributed by atoms with E-state index >= 15 is 0 Å². The summed E-state index contributed by atoms with van der Waals surface area (Å²) in [5.41, 5.74) is 2.17. The number of carbonyl (C=O) groups is 1. The van der Waals surface area contributed by atoms with Crippen molar-refractivity contribution in [3.63, 3.8) is 0 Å². The lowest BCUT2D eigenvalue weighted by Gasteiger charge is -2.36. The van der Waals surface area contributed by atoms with E-state index in [1.165, 1.54) is 5.56 Å². The average molecular weight is 383 g/mol. The Balaban J connectivity index is 1.58. The second-order valence-electron chi connectivity index (χ2n) is 7.71. The third kappa shape index (κ3) is 4.80. The summed E-state index contributed by atoms with van der Waals surface area (Å²) in [4.78, 5) is 25.8. The minimum Gasteiger partial charge on any atom is -0.481 e. The third-order valence-corrected chi connectivity index (χ3v) is 5.05. The maximum absolute atomic E-state index is 12.8. The van der Waals surface area contributed by atoms with Crippen LogP contribution >= 0.6 is 0 Å². The van der Waals surface area contributed by atoms with Crippen LogP contribution in [0.5, 0.6) is 5.75 Å². The molecule has 2 aromatic rings. The molecule has 1 aromatic heterocycles. The molecule has 0 N–H and O–H groups in total. The van der Waals surface area contributed by atoms with Crippen LogP contribution in [0.4, 0.5) is 5.82 Å². The number of ether oxygens (including phenoxy) is 1. The summed E-state index contributed by atoms with van der Waals surface area (Å²) in [5, 5.41) is 0. The van der Waals surface area contributed by atoms with Crippen LogP contribution in [0.2, 0.25) is 0 Å². The van der Waals surface area contributed by atoms with Crippen molar-refractivity contribution in [2.75, 3.05) is 31.1 Å². The van der Waals surface area contributed by atoms with Gasteiger partial charge in [0.25, 0.3) is 5.91 Å². The van der Waals surface area contributed by atoms with Gasteiger partial charge in [0.1, 0.15) is 17.4 Å². The van der Waals surface area contributed by atoms with Gasteiger partial charge in [0.2, 0.25) is 0 Å². The Labute approximate surface area is 167 Å². The molecule has 6 nitrogen and oxygen atoms in total. The highest BCUT2D eigenvalue weighted by Gasteiger charge is 2.26. The number of hydrogen-bond donors (Lipinski definition) is 0. The second-order valence-corrected chi connectivity index (χ2v) is 7.71. The van der Waals surface area contributed by atoms with Gasteiger partial charge < -0.3 is 14.5 Å². The number of hydrogen-bond acceptors (Lipinski definition) is 5. The summed E-state index contributed by atoms with van der Waals surface area (Å²) in [5.74, 6) is 2.92. The number of nitrogens with zero attached hydrogens (tertiary/aromatic N) is 4. The Kier molecular flexibility index (Phi) is 6.17. The van der Waals surface area contributed by atoms with E-state index in [-0.39, 0.29) is 5.91 Å². The van der Waals surface area contributed by atoms with Gasteiger partial charge in [0.15, 0.2) is 6.10 Å². The van der Waals surface area contributed by atoms with Gasteiger partial charge in [-0.2, -0.15) is 0 Å². The van der Waals surface area contributed by atoms with E-state index in [0.29, 0.717) is 19.0 Å². The van der Waals surface area contributed by atoms with Crippen molar-refractivity contribution in [1.82, 2.24) is 14.9 Å². The van der Waals surface area contributed by atoms with Crippen molar-refractivity contribution in [2.45, 2.75) is 46.6 Å². The fraction of sp³-hybridized carbons (Fsp3) is 0.500. The van der Waals surface area contributed by atoms with Crippen LogP contribution < -0.4 is 9.64 Å². The third-order valence-electron chi connectivity index (χ3n) is 5.05. The standard InChI is InChI=1S/C22H30N4O2/c1-15(2)19-7-6-8-20(14-19)28-17(4)22(27)26-11-9-25(10-12-26)21-13-16(3)23-18(5)24-21/h6-8,13-15,17H,9-12H2,1-5H3. The molecule has 1 atom stereocenters. The quantitative estimate of drug-likeness (QED) is 0.794. The topological polar surface area (TPSA) is 58.6 Å². The molecule has 0 radical (unpaired) electrons. The lowest BCUT2D eigenvalue weighted by atomic mass is 10.0. The molecule has 3 rings (SSSR count). The van der Waals surface area contributed by atoms with Crippen LogP contribution in [0.15, 0.2) is 30.3 Å². The van der Waals surface area contributed by atoms with Gasteiger partial charge in [-0.15, -0.1) is 0 Å². The normalized spacial score (nSPS) is 15.6. The number of rotatable bonds is 5. The number of piperazine rings is 1. The monoisotopic (exact) mass is 382 g/mol. The molecule has 1 unspecified atom stereocenters. The first kappa shape index (κ1) is 20.1. The van der Waals surface area contributed by atoms with Gasteiger partial charge in [-0.3, -0.25) is 4.79 Å². The molecule has 150 valence electrons. The molecular weight excluding hydrogens is 352 g/mol. The summed E-state index contributed by atoms with van der Waals surface area (Å²) in [6.45, 7) is 12.9. The van der Waals surface area contributed by atoms with Crippen molar-refractivity contribution in [3.05, 3.63) is 47.4 Å². The SMILES string of the molecule is Cc1cc(N2CCN(C(=O)C(C)Oc3cccc(C(C)C)c3)CC2)nc(C)n1. The number of aromatic nitrogens is 2. The molecule has 6 heteroatoms. The van der Waals surface area contributed by atoms with Crippen molar-refractivity contribution >= 4 is 11.7 Å². The Morgan fingerprint density at radius 2 is 1.75 bits per heavy atom. The zero-order valence-corrected chi connectivity index (χ0v) is 17.5. The predicted octanol–water partition coefficient (Wildman–Crippen LogP) is 3.33. The first-order valence-corrected chi connectivity index (χ1v) is 9.96. The van der Waals surface area contributed by atoms with Gasteiger partial charge >= 0.3 is 0 Å². The van der Waals surface area contributed by atoms with Crippen molar-refractivity contribution in [3.8, 4) is 5.75 Å². The Morgan fingerprint density at radius 1 is 1.04 bits per heavy atom. The highest BCUT2D eigenvalue weighted by Crippen LogP contribution is 2.22. The van der Waals surface area contributed by atoms with Crippen LogP contribution in [-0.4, -0.2) is 53.1 Å². The van der Waals surface area contributed by atoms with E-state index in [1.807, 2.05) is 49.9 Å². The first-order valence-electron chi connectivity index (χ1n) is 9.96. The molecule has 0 saturated carbocycles. The summed E-state index contributed by atoms with van der Waals surface area (Å²) in [6.07, 6.45) is -0.502. The lowest BCUT2D eigenvalue weighted by Crippen LogP contribution is -2.52. The van der Waals surface area contributed by atoms with Gasteiger partial charge in [-0.05, 0) is 44.4 Å². The molecule has 0 bridgehead atoms. The highest BCUT2D eigenvalue weighted by atomic mass is 16.5. The summed E-state index contributed by atoms with van der Waals surface area (Å²) in [7, 11) is 0. The molecule has 0 spiro atoms. The maximum Gasteiger partial charge on any atom is 0.263 e. The molecule has 28 heavy (non-hydrogen) atoms. The second kappa shape index (κ2) is 8.59. The van der Waals surface area contributed by atoms with E-state index in [9.17, 15) is 4.79 Å². The average Bonchev–Trinajstić information content (AvgIpc) is 2.67. The summed E-state index contributed by atoms with van der Waals surface area (Å²) in [6, 6.07) is 9.99. The van der Waals surface area contributed by atoms with Crippen molar-refractivity contribution in [1.29, 1.82) is 0 Å². The van der Waals surface area contributed by atoms with Crippen molar-refractivity contribution < 1.29 is 9.53 Å². The van der Waals surface area contributed by atoms with Gasteiger partial charge in [-0.25, -0.2) is 9.97 Å². The smallest absolute Gasteiger partial charge is 0.263 e. The molecular formula is C22H30N4O2. The minimum atomic E-state index is -0.502. The largest absolute Gasteiger partial charge is 0.481 e. The Hall–Kier alpha value is -2.63. The minimum absolute atomic E-state index is 0.0321. The van der Waals surface area contributed by atoms with Gasteiger partial charge in [-0.1, -0.05) is 26.0 Å². The van der Waals surface area contributed by atoms with E-state index < -0.39 is 6.10 Å². The highest BCUT2D eigenvalue weighted by molar-refractivity contribution is 5.81. The molecule has 1 aromatic carbocycles.